The molecule has 0 unspecified atom stereocenters. The largest absolute Gasteiger partial charge is 0.494 e. The average molecular weight is 426 g/mol. The number of aromatic nitrogens is 1. The minimum absolute atomic E-state index is 0.185. The fraction of sp³-hybridized carbons (Fsp3) is 0.259. The zero-order valence-corrected chi connectivity index (χ0v) is 18.5. The van der Waals surface area contributed by atoms with E-state index in [1.807, 2.05) is 35.2 Å². The first-order valence-electron chi connectivity index (χ1n) is 11.1. The van der Waals surface area contributed by atoms with Crippen molar-refractivity contribution in [1.29, 1.82) is 0 Å². The molecule has 1 aliphatic rings. The van der Waals surface area contributed by atoms with Crippen molar-refractivity contribution in [3.8, 4) is 5.75 Å². The Morgan fingerprint density at radius 1 is 0.938 bits per heavy atom. The van der Waals surface area contributed by atoms with Gasteiger partial charge in [-0.2, -0.15) is 0 Å². The second-order valence-corrected chi connectivity index (χ2v) is 8.34. The highest BCUT2D eigenvalue weighted by Gasteiger charge is 2.23. The summed E-state index contributed by atoms with van der Waals surface area (Å²) < 4.78 is 5.53. The number of anilines is 1. The highest BCUT2D eigenvalue weighted by atomic mass is 16.5. The van der Waals surface area contributed by atoms with E-state index in [9.17, 15) is 4.79 Å². The molecule has 5 nitrogen and oxygen atoms in total. The summed E-state index contributed by atoms with van der Waals surface area (Å²) in [6.07, 6.45) is 0.436. The van der Waals surface area contributed by atoms with Crippen molar-refractivity contribution < 1.29 is 9.53 Å². The number of ether oxygens (including phenoxy) is 1. The van der Waals surface area contributed by atoms with Crippen molar-refractivity contribution in [2.24, 2.45) is 0 Å². The van der Waals surface area contributed by atoms with Gasteiger partial charge in [0, 0.05) is 31.6 Å². The van der Waals surface area contributed by atoms with Crippen molar-refractivity contribution >= 4 is 33.4 Å². The maximum atomic E-state index is 13.0. The lowest BCUT2D eigenvalue weighted by Crippen LogP contribution is -2.49. The number of rotatable bonds is 4. The van der Waals surface area contributed by atoms with Crippen LogP contribution in [0.5, 0.6) is 5.75 Å². The number of fused-ring (bicyclic) bond motifs is 2. The molecule has 1 fully saturated rings. The van der Waals surface area contributed by atoms with Crippen LogP contribution in [0.1, 0.15) is 11.1 Å². The van der Waals surface area contributed by atoms with Crippen LogP contribution < -0.4 is 9.64 Å². The Kier molecular flexibility index (Phi) is 5.39. The first kappa shape index (κ1) is 20.3. The normalized spacial score (nSPS) is 14.2. The first-order chi connectivity index (χ1) is 15.6. The summed E-state index contributed by atoms with van der Waals surface area (Å²) in [5, 5.41) is 3.44. The molecule has 32 heavy (non-hydrogen) atoms. The van der Waals surface area contributed by atoms with Crippen molar-refractivity contribution in [1.82, 2.24) is 9.88 Å². The van der Waals surface area contributed by atoms with Gasteiger partial charge in [0.2, 0.25) is 5.91 Å². The van der Waals surface area contributed by atoms with Crippen molar-refractivity contribution in [2.45, 2.75) is 13.3 Å². The maximum Gasteiger partial charge on any atom is 0.227 e. The lowest BCUT2D eigenvalue weighted by Gasteiger charge is -2.36. The van der Waals surface area contributed by atoms with Gasteiger partial charge in [0.05, 0.1) is 13.5 Å². The van der Waals surface area contributed by atoms with Crippen LogP contribution in [0.3, 0.4) is 0 Å². The monoisotopic (exact) mass is 425 g/mol. The van der Waals surface area contributed by atoms with Gasteiger partial charge in [-0.15, -0.1) is 0 Å². The molecule has 0 atom stereocenters. The highest BCUT2D eigenvalue weighted by Crippen LogP contribution is 2.29. The molecule has 0 spiro atoms. The summed E-state index contributed by atoms with van der Waals surface area (Å²) in [6, 6.07) is 22.6. The summed E-state index contributed by atoms with van der Waals surface area (Å²) in [4.78, 5) is 22.2. The van der Waals surface area contributed by atoms with Crippen LogP contribution in [0, 0.1) is 6.92 Å². The van der Waals surface area contributed by atoms with Crippen LogP contribution >= 0.6 is 0 Å². The third-order valence-electron chi connectivity index (χ3n) is 6.39. The van der Waals surface area contributed by atoms with Gasteiger partial charge in [-0.1, -0.05) is 54.6 Å². The Hall–Kier alpha value is -3.60. The number of amides is 1. The molecule has 0 N–H and O–H groups in total. The molecule has 5 rings (SSSR count). The molecule has 0 aliphatic carbocycles. The lowest BCUT2D eigenvalue weighted by atomic mass is 10.0. The zero-order valence-electron chi connectivity index (χ0n) is 18.5. The number of para-hydroxylation sites is 1. The van der Waals surface area contributed by atoms with E-state index < -0.39 is 0 Å². The topological polar surface area (TPSA) is 45.7 Å². The van der Waals surface area contributed by atoms with E-state index in [-0.39, 0.29) is 5.91 Å². The van der Waals surface area contributed by atoms with E-state index >= 15 is 0 Å². The number of piperazine rings is 1. The number of hydrogen-bond acceptors (Lipinski definition) is 4. The molecular weight excluding hydrogens is 398 g/mol. The summed E-state index contributed by atoms with van der Waals surface area (Å²) in [7, 11) is 1.68. The molecule has 4 aromatic rings. The molecule has 0 saturated carbocycles. The number of aryl methyl sites for hydroxylation is 1. The summed E-state index contributed by atoms with van der Waals surface area (Å²) >= 11 is 0. The van der Waals surface area contributed by atoms with Gasteiger partial charge in [-0.25, -0.2) is 4.98 Å². The molecule has 3 aromatic carbocycles. The Morgan fingerprint density at radius 2 is 1.66 bits per heavy atom. The second-order valence-electron chi connectivity index (χ2n) is 8.34. The Labute approximate surface area is 188 Å². The van der Waals surface area contributed by atoms with Crippen LogP contribution in [0.2, 0.25) is 0 Å². The van der Waals surface area contributed by atoms with Gasteiger partial charge >= 0.3 is 0 Å². The Morgan fingerprint density at radius 3 is 2.47 bits per heavy atom. The number of carbonyl (C=O) groups excluding carboxylic acids is 1. The molecule has 0 radical (unpaired) electrons. The number of benzene rings is 3. The Balaban J connectivity index is 1.30. The van der Waals surface area contributed by atoms with E-state index in [1.165, 1.54) is 10.9 Å². The van der Waals surface area contributed by atoms with Gasteiger partial charge in [0.1, 0.15) is 17.1 Å². The highest BCUT2D eigenvalue weighted by molar-refractivity contribution is 5.91. The quantitative estimate of drug-likeness (QED) is 0.480. The van der Waals surface area contributed by atoms with Gasteiger partial charge in [0.25, 0.3) is 0 Å². The molecule has 0 bridgehead atoms. The number of carbonyl (C=O) groups is 1. The second kappa shape index (κ2) is 8.50. The predicted octanol–water partition coefficient (Wildman–Crippen LogP) is 4.60. The fourth-order valence-corrected chi connectivity index (χ4v) is 4.61. The van der Waals surface area contributed by atoms with Crippen molar-refractivity contribution in [3.63, 3.8) is 0 Å². The third kappa shape index (κ3) is 3.75. The predicted molar refractivity (Wildman–Crippen MR) is 129 cm³/mol. The SMILES string of the molecule is COc1cccc2c(C)cc(N3CCN(C(=O)Cc4cccc5ccccc45)CC3)nc12. The number of nitrogens with zero attached hydrogens (tertiary/aromatic N) is 3. The van der Waals surface area contributed by atoms with E-state index in [2.05, 4.69) is 48.2 Å². The first-order valence-corrected chi connectivity index (χ1v) is 11.1. The standard InChI is InChI=1S/C27H27N3O2/c1-19-17-25(28-27-22(19)11-6-12-24(27)32-2)29-13-15-30(16-14-29)26(31)18-21-9-5-8-20-7-3-4-10-23(20)21/h3-12,17H,13-16,18H2,1-2H3. The molecular formula is C27H27N3O2. The third-order valence-corrected chi connectivity index (χ3v) is 6.39. The van der Waals surface area contributed by atoms with Crippen LogP contribution in [-0.2, 0) is 11.2 Å². The van der Waals surface area contributed by atoms with Gasteiger partial charge in [0.15, 0.2) is 0 Å². The van der Waals surface area contributed by atoms with E-state index in [0.29, 0.717) is 19.5 Å². The van der Waals surface area contributed by atoms with Gasteiger partial charge in [-0.3, -0.25) is 4.79 Å². The van der Waals surface area contributed by atoms with E-state index in [1.54, 1.807) is 7.11 Å². The van der Waals surface area contributed by atoms with Crippen LogP contribution in [0.15, 0.2) is 66.7 Å². The molecule has 1 saturated heterocycles. The molecule has 1 amide bonds. The molecule has 1 aromatic heterocycles. The van der Waals surface area contributed by atoms with Crippen LogP contribution in [-0.4, -0.2) is 49.1 Å². The maximum absolute atomic E-state index is 13.0. The fourth-order valence-electron chi connectivity index (χ4n) is 4.61. The summed E-state index contributed by atoms with van der Waals surface area (Å²) in [5.41, 5.74) is 3.16. The number of methoxy groups -OCH3 is 1. The molecule has 1 aliphatic heterocycles. The lowest BCUT2D eigenvalue weighted by molar-refractivity contribution is -0.130. The van der Waals surface area contributed by atoms with Crippen molar-refractivity contribution in [2.75, 3.05) is 38.2 Å². The Bertz CT molecular complexity index is 1290. The minimum atomic E-state index is 0.185. The molecule has 5 heteroatoms. The smallest absolute Gasteiger partial charge is 0.227 e. The number of pyridine rings is 1. The van der Waals surface area contributed by atoms with E-state index in [0.717, 1.165) is 46.5 Å². The molecule has 2 heterocycles. The summed E-state index contributed by atoms with van der Waals surface area (Å²) in [6.45, 7) is 5.06. The molecule has 162 valence electrons. The zero-order chi connectivity index (χ0) is 22.1. The number of hydrogen-bond donors (Lipinski definition) is 0. The van der Waals surface area contributed by atoms with Gasteiger partial charge in [-0.05, 0) is 41.0 Å². The van der Waals surface area contributed by atoms with E-state index in [4.69, 9.17) is 9.72 Å². The summed E-state index contributed by atoms with van der Waals surface area (Å²) in [5.74, 6) is 1.92. The van der Waals surface area contributed by atoms with Crippen LogP contribution in [0.4, 0.5) is 5.82 Å². The van der Waals surface area contributed by atoms with Crippen molar-refractivity contribution in [3.05, 3.63) is 77.9 Å². The average Bonchev–Trinajstić information content (AvgIpc) is 2.84. The van der Waals surface area contributed by atoms with Gasteiger partial charge < -0.3 is 14.5 Å². The minimum Gasteiger partial charge on any atom is -0.494 e. The van der Waals surface area contributed by atoms with Crippen LogP contribution in [0.25, 0.3) is 21.7 Å².